The van der Waals surface area contributed by atoms with Crippen molar-refractivity contribution in [3.8, 4) is 0 Å². The van der Waals surface area contributed by atoms with Crippen LogP contribution in [0.25, 0.3) is 0 Å². The number of ether oxygens (including phenoxy) is 1. The predicted octanol–water partition coefficient (Wildman–Crippen LogP) is 1.32. The van der Waals surface area contributed by atoms with Crippen LogP contribution in [-0.2, 0) is 14.3 Å². The normalized spacial score (nSPS) is 19.2. The third kappa shape index (κ3) is 2.65. The first-order valence-electron chi connectivity index (χ1n) is 4.81. The van der Waals surface area contributed by atoms with Crippen molar-refractivity contribution >= 4 is 29.7 Å². The van der Waals surface area contributed by atoms with Crippen LogP contribution >= 0.6 is 11.8 Å². The van der Waals surface area contributed by atoms with E-state index < -0.39 is 23.2 Å². The van der Waals surface area contributed by atoms with Crippen molar-refractivity contribution in [3.63, 3.8) is 0 Å². The zero-order valence-electron chi connectivity index (χ0n) is 8.58. The monoisotopic (exact) mass is 252 g/mol. The number of carbonyl (C=O) groups is 3. The zero-order chi connectivity index (χ0) is 12.4. The number of cyclic esters (lactones) is 2. The second-order valence-electron chi connectivity index (χ2n) is 3.43. The molecule has 1 atom stereocenters. The fourth-order valence-electron chi connectivity index (χ4n) is 1.38. The quantitative estimate of drug-likeness (QED) is 0.645. The Hall–Kier alpha value is -1.82. The molecular weight excluding hydrogens is 244 g/mol. The molecule has 0 bridgehead atoms. The molecule has 1 aromatic carbocycles. The van der Waals surface area contributed by atoms with Gasteiger partial charge in [0.15, 0.2) is 0 Å². The molecule has 6 heteroatoms. The molecule has 1 unspecified atom stereocenters. The largest absolute Gasteiger partial charge is 0.478 e. The molecule has 17 heavy (non-hydrogen) atoms. The smallest absolute Gasteiger partial charge is 0.335 e. The molecule has 1 aliphatic heterocycles. The summed E-state index contributed by atoms with van der Waals surface area (Å²) in [7, 11) is 0. The van der Waals surface area contributed by atoms with Gasteiger partial charge in [-0.05, 0) is 24.3 Å². The summed E-state index contributed by atoms with van der Waals surface area (Å²) in [5.41, 5.74) is 0.180. The van der Waals surface area contributed by atoms with Crippen LogP contribution in [0.3, 0.4) is 0 Å². The lowest BCUT2D eigenvalue weighted by Gasteiger charge is -2.04. The van der Waals surface area contributed by atoms with Gasteiger partial charge >= 0.3 is 17.9 Å². The summed E-state index contributed by atoms with van der Waals surface area (Å²) in [6.45, 7) is 0. The van der Waals surface area contributed by atoms with E-state index >= 15 is 0 Å². The molecule has 0 amide bonds. The van der Waals surface area contributed by atoms with Crippen molar-refractivity contribution in [1.82, 2.24) is 0 Å². The summed E-state index contributed by atoms with van der Waals surface area (Å²) in [5, 5.41) is 8.18. The van der Waals surface area contributed by atoms with E-state index in [-0.39, 0.29) is 12.0 Å². The summed E-state index contributed by atoms with van der Waals surface area (Å²) in [6, 6.07) is 6.11. The summed E-state index contributed by atoms with van der Waals surface area (Å²) >= 11 is 1.20. The minimum absolute atomic E-state index is 0.0597. The van der Waals surface area contributed by atoms with E-state index in [2.05, 4.69) is 4.74 Å². The van der Waals surface area contributed by atoms with Gasteiger partial charge in [0.05, 0.1) is 12.0 Å². The first-order chi connectivity index (χ1) is 8.06. The van der Waals surface area contributed by atoms with Crippen LogP contribution in [0.4, 0.5) is 0 Å². The minimum atomic E-state index is -1.00. The predicted molar refractivity (Wildman–Crippen MR) is 58.8 cm³/mol. The van der Waals surface area contributed by atoms with Crippen molar-refractivity contribution in [2.45, 2.75) is 16.6 Å². The van der Waals surface area contributed by atoms with Crippen LogP contribution in [0, 0.1) is 0 Å². The Labute approximate surface area is 101 Å². The number of hydrogen-bond acceptors (Lipinski definition) is 5. The molecule has 5 nitrogen and oxygen atoms in total. The summed E-state index contributed by atoms with van der Waals surface area (Å²) in [5.74, 6) is -2.06. The fourth-order valence-corrected chi connectivity index (χ4v) is 2.37. The van der Waals surface area contributed by atoms with Gasteiger partial charge in [-0.3, -0.25) is 9.59 Å². The average molecular weight is 252 g/mol. The molecular formula is C11H8O5S. The first kappa shape index (κ1) is 11.7. The number of thioether (sulfide) groups is 1. The highest BCUT2D eigenvalue weighted by molar-refractivity contribution is 8.00. The van der Waals surface area contributed by atoms with Gasteiger partial charge in [-0.15, -0.1) is 11.8 Å². The number of esters is 2. The minimum Gasteiger partial charge on any atom is -0.478 e. The molecule has 0 radical (unpaired) electrons. The maximum Gasteiger partial charge on any atom is 0.335 e. The van der Waals surface area contributed by atoms with E-state index in [9.17, 15) is 14.4 Å². The van der Waals surface area contributed by atoms with Crippen molar-refractivity contribution in [3.05, 3.63) is 29.8 Å². The van der Waals surface area contributed by atoms with Gasteiger partial charge in [-0.1, -0.05) is 0 Å². The van der Waals surface area contributed by atoms with E-state index in [4.69, 9.17) is 5.11 Å². The molecule has 1 aromatic rings. The molecule has 2 rings (SSSR count). The topological polar surface area (TPSA) is 80.7 Å². The van der Waals surface area contributed by atoms with Gasteiger partial charge in [0.25, 0.3) is 0 Å². The molecule has 1 saturated heterocycles. The Morgan fingerprint density at radius 3 is 2.41 bits per heavy atom. The highest BCUT2D eigenvalue weighted by atomic mass is 32.2. The number of hydrogen-bond donors (Lipinski definition) is 1. The molecule has 0 saturated carbocycles. The maximum absolute atomic E-state index is 11.2. The lowest BCUT2D eigenvalue weighted by atomic mass is 10.2. The van der Waals surface area contributed by atoms with Crippen molar-refractivity contribution in [2.24, 2.45) is 0 Å². The molecule has 1 N–H and O–H groups in total. The average Bonchev–Trinajstić information content (AvgIpc) is 2.58. The van der Waals surface area contributed by atoms with E-state index in [0.29, 0.717) is 0 Å². The van der Waals surface area contributed by atoms with Gasteiger partial charge in [-0.2, -0.15) is 0 Å². The molecule has 1 fully saturated rings. The number of rotatable bonds is 3. The number of benzene rings is 1. The molecule has 1 aliphatic rings. The van der Waals surface area contributed by atoms with Gasteiger partial charge in [-0.25, -0.2) is 4.79 Å². The molecule has 1 heterocycles. The highest BCUT2D eigenvalue weighted by Gasteiger charge is 2.34. The second kappa shape index (κ2) is 4.58. The van der Waals surface area contributed by atoms with Crippen molar-refractivity contribution in [2.75, 3.05) is 0 Å². The van der Waals surface area contributed by atoms with Crippen LogP contribution in [0.5, 0.6) is 0 Å². The van der Waals surface area contributed by atoms with Gasteiger partial charge in [0.2, 0.25) is 0 Å². The number of carboxylic acid groups (broad SMARTS) is 1. The molecule has 0 aromatic heterocycles. The third-order valence-electron chi connectivity index (χ3n) is 2.21. The number of aromatic carboxylic acids is 1. The third-order valence-corrected chi connectivity index (χ3v) is 3.40. The van der Waals surface area contributed by atoms with Crippen LogP contribution in [0.2, 0.25) is 0 Å². The number of carboxylic acids is 1. The Kier molecular flexibility index (Phi) is 3.14. The number of carbonyl (C=O) groups excluding carboxylic acids is 2. The van der Waals surface area contributed by atoms with E-state index in [1.165, 1.54) is 23.9 Å². The van der Waals surface area contributed by atoms with E-state index in [1.54, 1.807) is 12.1 Å². The lowest BCUT2D eigenvalue weighted by Crippen LogP contribution is -2.09. The molecule has 0 spiro atoms. The maximum atomic E-state index is 11.2. The Morgan fingerprint density at radius 1 is 1.29 bits per heavy atom. The highest BCUT2D eigenvalue weighted by Crippen LogP contribution is 2.30. The zero-order valence-corrected chi connectivity index (χ0v) is 9.40. The van der Waals surface area contributed by atoms with Crippen molar-refractivity contribution < 1.29 is 24.2 Å². The summed E-state index contributed by atoms with van der Waals surface area (Å²) in [4.78, 5) is 33.4. The molecule has 0 aliphatic carbocycles. The molecule has 88 valence electrons. The summed E-state index contributed by atoms with van der Waals surface area (Å²) < 4.78 is 4.42. The van der Waals surface area contributed by atoms with Gasteiger partial charge in [0, 0.05) is 4.90 Å². The Morgan fingerprint density at radius 2 is 1.94 bits per heavy atom. The summed E-state index contributed by atoms with van der Waals surface area (Å²) in [6.07, 6.45) is 0.0597. The van der Waals surface area contributed by atoms with Crippen LogP contribution in [0.15, 0.2) is 29.2 Å². The van der Waals surface area contributed by atoms with E-state index in [1.807, 2.05) is 0 Å². The van der Waals surface area contributed by atoms with Gasteiger partial charge in [0.1, 0.15) is 5.25 Å². The van der Waals surface area contributed by atoms with Crippen molar-refractivity contribution in [1.29, 1.82) is 0 Å². The van der Waals surface area contributed by atoms with Crippen LogP contribution < -0.4 is 0 Å². The fraction of sp³-hybridized carbons (Fsp3) is 0.182. The lowest BCUT2D eigenvalue weighted by molar-refractivity contribution is -0.151. The first-order valence-corrected chi connectivity index (χ1v) is 5.69. The van der Waals surface area contributed by atoms with Crippen LogP contribution in [0.1, 0.15) is 16.8 Å². The Balaban J connectivity index is 2.07. The van der Waals surface area contributed by atoms with Crippen LogP contribution in [-0.4, -0.2) is 28.3 Å². The standard InChI is InChI=1S/C11H8O5S/c12-9-5-8(11(15)16-9)17-7-3-1-6(2-4-7)10(13)14/h1-4,8H,5H2,(H,13,14). The van der Waals surface area contributed by atoms with E-state index in [0.717, 1.165) is 4.90 Å². The second-order valence-corrected chi connectivity index (χ2v) is 4.71. The SMILES string of the molecule is O=C1CC(Sc2ccc(C(=O)O)cc2)C(=O)O1. The van der Waals surface area contributed by atoms with Gasteiger partial charge < -0.3 is 9.84 Å². The Bertz CT molecular complexity index is 479.